The lowest BCUT2D eigenvalue weighted by Crippen LogP contribution is -2.11. The number of hydrogen-bond donors (Lipinski definition) is 1. The summed E-state index contributed by atoms with van der Waals surface area (Å²) in [6, 6.07) is 8.08. The van der Waals surface area contributed by atoms with Crippen molar-refractivity contribution < 1.29 is 9.90 Å². The Labute approximate surface area is 113 Å². The third-order valence-electron chi connectivity index (χ3n) is 3.34. The van der Waals surface area contributed by atoms with Gasteiger partial charge < -0.3 is 5.11 Å². The predicted octanol–water partition coefficient (Wildman–Crippen LogP) is 4.16. The van der Waals surface area contributed by atoms with Crippen molar-refractivity contribution in [3.63, 3.8) is 0 Å². The zero-order valence-electron chi connectivity index (χ0n) is 10.8. The smallest absolute Gasteiger partial charge is 0.310 e. The zero-order chi connectivity index (χ0) is 13.0. The summed E-state index contributed by atoms with van der Waals surface area (Å²) < 4.78 is 0. The van der Waals surface area contributed by atoms with Crippen molar-refractivity contribution in [3.8, 4) is 0 Å². The van der Waals surface area contributed by atoms with Crippen LogP contribution >= 0.6 is 11.8 Å². The number of benzene rings is 1. The molecular weight excluding hydrogens is 244 g/mol. The second kappa shape index (κ2) is 6.28. The van der Waals surface area contributed by atoms with Gasteiger partial charge in [-0.15, -0.1) is 11.8 Å². The monoisotopic (exact) mass is 264 g/mol. The lowest BCUT2D eigenvalue weighted by Gasteiger charge is -2.12. The topological polar surface area (TPSA) is 37.3 Å². The fraction of sp³-hybridized carbons (Fsp3) is 0.533. The van der Waals surface area contributed by atoms with Crippen LogP contribution < -0.4 is 0 Å². The molecule has 0 radical (unpaired) electrons. The van der Waals surface area contributed by atoms with Gasteiger partial charge in [-0.2, -0.15) is 0 Å². The Morgan fingerprint density at radius 2 is 2.06 bits per heavy atom. The minimum Gasteiger partial charge on any atom is -0.481 e. The molecule has 0 spiro atoms. The molecule has 18 heavy (non-hydrogen) atoms. The van der Waals surface area contributed by atoms with Gasteiger partial charge in [-0.05, 0) is 42.9 Å². The van der Waals surface area contributed by atoms with Gasteiger partial charge in [0.05, 0.1) is 5.92 Å². The van der Waals surface area contributed by atoms with Crippen molar-refractivity contribution in [1.82, 2.24) is 0 Å². The second-order valence-electron chi connectivity index (χ2n) is 5.00. The van der Waals surface area contributed by atoms with E-state index in [1.54, 1.807) is 0 Å². The van der Waals surface area contributed by atoms with Crippen LogP contribution in [0.4, 0.5) is 0 Å². The SMILES string of the molecule is CCCC(C(=O)O)c1ccc(SCC2CC2)cc1. The summed E-state index contributed by atoms with van der Waals surface area (Å²) in [6.07, 6.45) is 4.37. The number of carboxylic acid groups (broad SMARTS) is 1. The van der Waals surface area contributed by atoms with Gasteiger partial charge in [0.2, 0.25) is 0 Å². The molecule has 0 amide bonds. The molecule has 98 valence electrons. The summed E-state index contributed by atoms with van der Waals surface area (Å²) in [5.74, 6) is 1.06. The molecule has 0 aromatic heterocycles. The van der Waals surface area contributed by atoms with Gasteiger partial charge in [0.1, 0.15) is 0 Å². The standard InChI is InChI=1S/C15H20O2S/c1-2-3-14(15(16)17)12-6-8-13(9-7-12)18-10-11-4-5-11/h6-9,11,14H,2-5,10H2,1H3,(H,16,17). The van der Waals surface area contributed by atoms with E-state index in [9.17, 15) is 9.90 Å². The van der Waals surface area contributed by atoms with Crippen LogP contribution in [0.3, 0.4) is 0 Å². The number of rotatable bonds is 7. The molecule has 0 aliphatic heterocycles. The first-order chi connectivity index (χ1) is 8.70. The molecule has 1 aliphatic carbocycles. The summed E-state index contributed by atoms with van der Waals surface area (Å²) in [6.45, 7) is 2.02. The van der Waals surface area contributed by atoms with Crippen LogP contribution in [0.25, 0.3) is 0 Å². The highest BCUT2D eigenvalue weighted by Crippen LogP contribution is 2.35. The van der Waals surface area contributed by atoms with Crippen molar-refractivity contribution in [1.29, 1.82) is 0 Å². The van der Waals surface area contributed by atoms with E-state index >= 15 is 0 Å². The highest BCUT2D eigenvalue weighted by atomic mass is 32.2. The molecule has 0 heterocycles. The zero-order valence-corrected chi connectivity index (χ0v) is 11.6. The van der Waals surface area contributed by atoms with Crippen molar-refractivity contribution in [2.75, 3.05) is 5.75 Å². The maximum absolute atomic E-state index is 11.2. The van der Waals surface area contributed by atoms with Gasteiger partial charge in [0.25, 0.3) is 0 Å². The van der Waals surface area contributed by atoms with Gasteiger partial charge in [0.15, 0.2) is 0 Å². The lowest BCUT2D eigenvalue weighted by molar-refractivity contribution is -0.139. The van der Waals surface area contributed by atoms with Crippen LogP contribution in [0.1, 0.15) is 44.1 Å². The van der Waals surface area contributed by atoms with Gasteiger partial charge in [0, 0.05) is 10.6 Å². The second-order valence-corrected chi connectivity index (χ2v) is 6.10. The number of carboxylic acids is 1. The number of aliphatic carboxylic acids is 1. The maximum atomic E-state index is 11.2. The molecule has 0 saturated heterocycles. The molecule has 0 bridgehead atoms. The summed E-state index contributed by atoms with van der Waals surface area (Å²) in [7, 11) is 0. The first kappa shape index (κ1) is 13.5. The average Bonchev–Trinajstić information content (AvgIpc) is 3.18. The molecule has 2 nitrogen and oxygen atoms in total. The molecule has 1 aromatic carbocycles. The fourth-order valence-electron chi connectivity index (χ4n) is 2.02. The van der Waals surface area contributed by atoms with E-state index in [1.807, 2.05) is 30.8 Å². The Kier molecular flexibility index (Phi) is 4.70. The van der Waals surface area contributed by atoms with Crippen molar-refractivity contribution >= 4 is 17.7 Å². The first-order valence-corrected chi connectivity index (χ1v) is 7.64. The van der Waals surface area contributed by atoms with E-state index in [0.717, 1.165) is 17.9 Å². The Hall–Kier alpha value is -0.960. The van der Waals surface area contributed by atoms with Crippen molar-refractivity contribution in [2.45, 2.75) is 43.4 Å². The molecule has 2 rings (SSSR count). The van der Waals surface area contributed by atoms with Crippen LogP contribution in [-0.4, -0.2) is 16.8 Å². The minimum absolute atomic E-state index is 0.350. The van der Waals surface area contributed by atoms with Crippen LogP contribution in [-0.2, 0) is 4.79 Å². The quantitative estimate of drug-likeness (QED) is 0.751. The Morgan fingerprint density at radius 1 is 1.39 bits per heavy atom. The highest BCUT2D eigenvalue weighted by Gasteiger charge is 2.21. The third-order valence-corrected chi connectivity index (χ3v) is 4.58. The van der Waals surface area contributed by atoms with E-state index in [1.165, 1.54) is 23.5 Å². The molecule has 1 fully saturated rings. The van der Waals surface area contributed by atoms with Crippen LogP contribution in [0, 0.1) is 5.92 Å². The molecule has 1 N–H and O–H groups in total. The molecule has 1 aromatic rings. The fourth-order valence-corrected chi connectivity index (χ4v) is 3.11. The Balaban J connectivity index is 1.97. The lowest BCUT2D eigenvalue weighted by atomic mass is 9.95. The first-order valence-electron chi connectivity index (χ1n) is 6.66. The number of thioether (sulfide) groups is 1. The number of carbonyl (C=O) groups is 1. The maximum Gasteiger partial charge on any atom is 0.310 e. The van der Waals surface area contributed by atoms with Crippen LogP contribution in [0.2, 0.25) is 0 Å². The minimum atomic E-state index is -0.713. The number of hydrogen-bond acceptors (Lipinski definition) is 2. The van der Waals surface area contributed by atoms with E-state index in [0.29, 0.717) is 6.42 Å². The van der Waals surface area contributed by atoms with Crippen LogP contribution in [0.15, 0.2) is 29.2 Å². The van der Waals surface area contributed by atoms with Crippen molar-refractivity contribution in [3.05, 3.63) is 29.8 Å². The van der Waals surface area contributed by atoms with E-state index < -0.39 is 5.97 Å². The molecule has 1 unspecified atom stereocenters. The van der Waals surface area contributed by atoms with E-state index in [-0.39, 0.29) is 5.92 Å². The molecular formula is C15H20O2S. The Morgan fingerprint density at radius 3 is 2.56 bits per heavy atom. The van der Waals surface area contributed by atoms with Crippen molar-refractivity contribution in [2.24, 2.45) is 5.92 Å². The molecule has 1 atom stereocenters. The molecule has 3 heteroatoms. The Bertz CT molecular complexity index is 395. The summed E-state index contributed by atoms with van der Waals surface area (Å²) in [5, 5.41) is 9.21. The van der Waals surface area contributed by atoms with E-state index in [4.69, 9.17) is 0 Å². The molecule has 1 aliphatic rings. The van der Waals surface area contributed by atoms with Gasteiger partial charge >= 0.3 is 5.97 Å². The third kappa shape index (κ3) is 3.77. The predicted molar refractivity (Wildman–Crippen MR) is 75.2 cm³/mol. The van der Waals surface area contributed by atoms with Gasteiger partial charge in [-0.1, -0.05) is 25.5 Å². The summed E-state index contributed by atoms with van der Waals surface area (Å²) in [5.41, 5.74) is 0.931. The van der Waals surface area contributed by atoms with Gasteiger partial charge in [-0.3, -0.25) is 4.79 Å². The van der Waals surface area contributed by atoms with E-state index in [2.05, 4.69) is 12.1 Å². The highest BCUT2D eigenvalue weighted by molar-refractivity contribution is 7.99. The van der Waals surface area contributed by atoms with Gasteiger partial charge in [-0.25, -0.2) is 0 Å². The molecule has 1 saturated carbocycles. The largest absolute Gasteiger partial charge is 0.481 e. The average molecular weight is 264 g/mol. The summed E-state index contributed by atoms with van der Waals surface area (Å²) >= 11 is 1.89. The summed E-state index contributed by atoms with van der Waals surface area (Å²) in [4.78, 5) is 12.4. The normalized spacial score (nSPS) is 16.5. The van der Waals surface area contributed by atoms with Crippen LogP contribution in [0.5, 0.6) is 0 Å².